The van der Waals surface area contributed by atoms with Crippen molar-refractivity contribution in [2.75, 3.05) is 0 Å². The number of carbonyl (C=O) groups excluding carboxylic acids is 1. The summed E-state index contributed by atoms with van der Waals surface area (Å²) in [5, 5.41) is 2.19. The third kappa shape index (κ3) is 7.75. The quantitative estimate of drug-likeness (QED) is 0.201. The first kappa shape index (κ1) is 22.3. The average Bonchev–Trinajstić information content (AvgIpc) is 2.80. The van der Waals surface area contributed by atoms with Gasteiger partial charge in [-0.2, -0.15) is 0 Å². The second kappa shape index (κ2) is 12.3. The van der Waals surface area contributed by atoms with Crippen LogP contribution in [0.5, 0.6) is 5.75 Å². The fraction of sp³-hybridized carbons (Fsp3) is 0.160. The van der Waals surface area contributed by atoms with Crippen LogP contribution in [0.1, 0.15) is 29.5 Å². The summed E-state index contributed by atoms with van der Waals surface area (Å²) in [4.78, 5) is 19.3. The van der Waals surface area contributed by atoms with E-state index in [4.69, 9.17) is 10.5 Å². The molecule has 0 radical (unpaired) electrons. The van der Waals surface area contributed by atoms with Gasteiger partial charge in [0.15, 0.2) is 16.7 Å². The van der Waals surface area contributed by atoms with Crippen LogP contribution in [0.25, 0.3) is 0 Å². The van der Waals surface area contributed by atoms with Gasteiger partial charge in [0, 0.05) is 12.6 Å². The maximum atomic E-state index is 10.4. The minimum absolute atomic E-state index is 0.357. The van der Waals surface area contributed by atoms with Gasteiger partial charge in [0.1, 0.15) is 12.9 Å². The largest absolute Gasteiger partial charge is 0.485 e. The molecule has 1 aromatic heterocycles. The molecule has 5 nitrogen and oxygen atoms in total. The lowest BCUT2D eigenvalue weighted by Crippen LogP contribution is -2.05. The Hall–Kier alpha value is -3.38. The zero-order valence-electron chi connectivity index (χ0n) is 17.2. The van der Waals surface area contributed by atoms with Gasteiger partial charge >= 0.3 is 0 Å². The number of carbonyl (C=O) groups is 1. The Morgan fingerprint density at radius 2 is 1.71 bits per heavy atom. The maximum absolute atomic E-state index is 10.4. The van der Waals surface area contributed by atoms with Gasteiger partial charge in [-0.15, -0.1) is 0 Å². The van der Waals surface area contributed by atoms with Crippen molar-refractivity contribution >= 4 is 29.0 Å². The van der Waals surface area contributed by atoms with Crippen LogP contribution in [0.4, 0.5) is 5.82 Å². The summed E-state index contributed by atoms with van der Waals surface area (Å²) >= 11 is 1.29. The van der Waals surface area contributed by atoms with Crippen molar-refractivity contribution in [3.05, 3.63) is 101 Å². The average molecular weight is 432 g/mol. The van der Waals surface area contributed by atoms with Crippen LogP contribution in [0.3, 0.4) is 0 Å². The second-order valence-electron chi connectivity index (χ2n) is 6.79. The van der Waals surface area contributed by atoms with Gasteiger partial charge in [-0.25, -0.2) is 9.98 Å². The smallest absolute Gasteiger partial charge is 0.197 e. The Balaban J connectivity index is 1.77. The summed E-state index contributed by atoms with van der Waals surface area (Å²) in [7, 11) is 0. The summed E-state index contributed by atoms with van der Waals surface area (Å²) in [6, 6.07) is 22.1. The van der Waals surface area contributed by atoms with Crippen LogP contribution in [-0.2, 0) is 17.8 Å². The van der Waals surface area contributed by atoms with E-state index in [-0.39, 0.29) is 0 Å². The number of aromatic nitrogens is 1. The van der Waals surface area contributed by atoms with Gasteiger partial charge in [-0.05, 0) is 41.0 Å². The maximum Gasteiger partial charge on any atom is 0.197 e. The van der Waals surface area contributed by atoms with Crippen LogP contribution in [0.15, 0.2) is 89.4 Å². The molecule has 31 heavy (non-hydrogen) atoms. The fourth-order valence-corrected chi connectivity index (χ4v) is 3.32. The number of nitrogens with zero attached hydrogens (tertiary/aromatic N) is 2. The number of aldehydes is 1. The van der Waals surface area contributed by atoms with E-state index in [1.165, 1.54) is 17.3 Å². The van der Waals surface area contributed by atoms with Crippen LogP contribution in [0, 0.1) is 0 Å². The highest BCUT2D eigenvalue weighted by atomic mass is 32.2. The first-order chi connectivity index (χ1) is 15.2. The molecule has 0 aliphatic rings. The highest BCUT2D eigenvalue weighted by Gasteiger charge is 2.09. The van der Waals surface area contributed by atoms with Crippen molar-refractivity contribution in [1.82, 2.24) is 4.98 Å². The lowest BCUT2D eigenvalue weighted by Gasteiger charge is -2.11. The van der Waals surface area contributed by atoms with E-state index < -0.39 is 0 Å². The number of nitrogens with two attached hydrogens (primary N) is 1. The van der Waals surface area contributed by atoms with Crippen molar-refractivity contribution in [2.45, 2.75) is 25.9 Å². The SMILES string of the molecule is N/C(=N/c1ncc(Cc2ccccc2)cc1OCc1ccccc1)S/C=C/CCC=O. The Kier molecular flexibility index (Phi) is 8.88. The van der Waals surface area contributed by atoms with Gasteiger partial charge in [0.25, 0.3) is 0 Å². The first-order valence-corrected chi connectivity index (χ1v) is 10.9. The number of amidine groups is 1. The molecule has 0 saturated carbocycles. The molecule has 2 aromatic carbocycles. The molecule has 0 saturated heterocycles. The van der Waals surface area contributed by atoms with E-state index in [9.17, 15) is 4.79 Å². The Bertz CT molecular complexity index is 1020. The molecule has 0 aliphatic carbocycles. The number of hydrogen-bond acceptors (Lipinski definition) is 5. The zero-order valence-corrected chi connectivity index (χ0v) is 18.0. The molecule has 0 unspecified atom stereocenters. The topological polar surface area (TPSA) is 77.6 Å². The van der Waals surface area contributed by atoms with Gasteiger partial charge in [0.05, 0.1) is 0 Å². The van der Waals surface area contributed by atoms with Crippen molar-refractivity contribution in [2.24, 2.45) is 10.7 Å². The zero-order chi connectivity index (χ0) is 21.7. The summed E-state index contributed by atoms with van der Waals surface area (Å²) in [5.74, 6) is 1.03. The Morgan fingerprint density at radius 3 is 2.42 bits per heavy atom. The molecular weight excluding hydrogens is 406 g/mol. The molecule has 0 aliphatic heterocycles. The molecule has 158 valence electrons. The van der Waals surface area contributed by atoms with E-state index in [0.717, 1.165) is 23.8 Å². The molecule has 3 aromatic rings. The van der Waals surface area contributed by atoms with Gasteiger partial charge in [0.2, 0.25) is 0 Å². The highest BCUT2D eigenvalue weighted by molar-refractivity contribution is 8.16. The van der Waals surface area contributed by atoms with Crippen LogP contribution >= 0.6 is 11.8 Å². The molecule has 0 atom stereocenters. The minimum Gasteiger partial charge on any atom is -0.485 e. The number of benzene rings is 2. The highest BCUT2D eigenvalue weighted by Crippen LogP contribution is 2.28. The number of unbranched alkanes of at least 4 members (excludes halogenated alkanes) is 1. The number of pyridine rings is 1. The van der Waals surface area contributed by atoms with E-state index in [0.29, 0.717) is 36.2 Å². The first-order valence-electron chi connectivity index (χ1n) is 10.0. The summed E-state index contributed by atoms with van der Waals surface area (Å²) < 4.78 is 6.07. The number of rotatable bonds is 10. The molecular formula is C25H25N3O2S. The molecule has 0 bridgehead atoms. The summed E-state index contributed by atoms with van der Waals surface area (Å²) in [6.45, 7) is 0.415. The molecule has 0 amide bonds. The Labute approximate surface area is 187 Å². The molecule has 2 N–H and O–H groups in total. The predicted molar refractivity (Wildman–Crippen MR) is 128 cm³/mol. The normalized spacial score (nSPS) is 11.5. The van der Waals surface area contributed by atoms with E-state index in [1.54, 1.807) is 6.20 Å². The fourth-order valence-electron chi connectivity index (χ4n) is 2.81. The standard InChI is InChI=1S/C25H25N3O2S/c26-25(31-15-9-3-8-14-29)28-24-23(30-19-21-12-6-2-7-13-21)17-22(18-27-24)16-20-10-4-1-5-11-20/h1-2,4-7,9-15,17-18H,3,8,16,19H2,(H2,26,27,28)/b15-9+. The number of hydrogen-bond donors (Lipinski definition) is 1. The monoisotopic (exact) mass is 431 g/mol. The number of allylic oxidation sites excluding steroid dienone is 1. The lowest BCUT2D eigenvalue weighted by atomic mass is 10.1. The minimum atomic E-state index is 0.357. The molecule has 3 rings (SSSR count). The third-order valence-electron chi connectivity index (χ3n) is 4.33. The summed E-state index contributed by atoms with van der Waals surface area (Å²) in [5.41, 5.74) is 9.35. The van der Waals surface area contributed by atoms with Gasteiger partial charge in [-0.3, -0.25) is 0 Å². The second-order valence-corrected chi connectivity index (χ2v) is 7.71. The van der Waals surface area contributed by atoms with Gasteiger partial charge in [-0.1, -0.05) is 78.5 Å². The van der Waals surface area contributed by atoms with Crippen LogP contribution in [-0.4, -0.2) is 16.4 Å². The number of aliphatic imine (C=N–C) groups is 1. The lowest BCUT2D eigenvalue weighted by molar-refractivity contribution is -0.107. The summed E-state index contributed by atoms with van der Waals surface area (Å²) in [6.07, 6.45) is 6.52. The van der Waals surface area contributed by atoms with Crippen molar-refractivity contribution in [3.8, 4) is 5.75 Å². The number of ether oxygens (including phenoxy) is 1. The van der Waals surface area contributed by atoms with Gasteiger partial charge < -0.3 is 15.3 Å². The molecule has 0 fully saturated rings. The Morgan fingerprint density at radius 1 is 1.00 bits per heavy atom. The van der Waals surface area contributed by atoms with Crippen LogP contribution in [0.2, 0.25) is 0 Å². The molecule has 1 heterocycles. The number of thioether (sulfide) groups is 1. The third-order valence-corrected chi connectivity index (χ3v) is 4.99. The molecule has 6 heteroatoms. The van der Waals surface area contributed by atoms with Crippen molar-refractivity contribution in [1.29, 1.82) is 0 Å². The van der Waals surface area contributed by atoms with E-state index in [1.807, 2.05) is 66.1 Å². The van der Waals surface area contributed by atoms with Crippen molar-refractivity contribution in [3.63, 3.8) is 0 Å². The molecule has 0 spiro atoms. The van der Waals surface area contributed by atoms with Crippen LogP contribution < -0.4 is 10.5 Å². The predicted octanol–water partition coefficient (Wildman–Crippen LogP) is 5.42. The van der Waals surface area contributed by atoms with Crippen molar-refractivity contribution < 1.29 is 9.53 Å². The van der Waals surface area contributed by atoms with E-state index in [2.05, 4.69) is 22.1 Å². The van der Waals surface area contributed by atoms with E-state index >= 15 is 0 Å².